The topological polar surface area (TPSA) is 88.2 Å². The number of carbonyl (C=O) groups excluding carboxylic acids is 1. The van der Waals surface area contributed by atoms with Crippen LogP contribution in [0.5, 0.6) is 0 Å². The van der Waals surface area contributed by atoms with Gasteiger partial charge in [0.15, 0.2) is 0 Å². The van der Waals surface area contributed by atoms with Crippen LogP contribution < -0.4 is 5.32 Å². The first-order valence-corrected chi connectivity index (χ1v) is 9.96. The molecule has 1 atom stereocenters. The van der Waals surface area contributed by atoms with Crippen LogP contribution in [0.2, 0.25) is 0 Å². The second-order valence-corrected chi connectivity index (χ2v) is 7.89. The molecule has 0 aliphatic carbocycles. The number of rotatable bonds is 8. The van der Waals surface area contributed by atoms with E-state index >= 15 is 0 Å². The van der Waals surface area contributed by atoms with Crippen LogP contribution in [0.25, 0.3) is 0 Å². The molecular weight excluding hydrogens is 322 g/mol. The standard InChI is InChI=1S/C14H27N3O5S/c1-23(19,20)17(7-6-16-8-11-21-12-9-16)5-4-15-14(18)13-3-2-10-22-13/h13H,2-12H2,1H3,(H,15,18). The lowest BCUT2D eigenvalue weighted by molar-refractivity contribution is -0.130. The molecule has 2 aliphatic rings. The number of nitrogens with zero attached hydrogens (tertiary/aromatic N) is 2. The van der Waals surface area contributed by atoms with Gasteiger partial charge in [0.2, 0.25) is 15.9 Å². The van der Waals surface area contributed by atoms with Crippen LogP contribution in [0.15, 0.2) is 0 Å². The molecule has 1 unspecified atom stereocenters. The van der Waals surface area contributed by atoms with Crippen molar-refractivity contribution in [3.8, 4) is 0 Å². The maximum atomic E-state index is 11.9. The molecule has 0 bridgehead atoms. The molecule has 134 valence electrons. The molecule has 2 heterocycles. The van der Waals surface area contributed by atoms with Crippen molar-refractivity contribution in [3.05, 3.63) is 0 Å². The van der Waals surface area contributed by atoms with E-state index in [0.717, 1.165) is 25.9 Å². The molecule has 0 aromatic rings. The number of hydrogen-bond acceptors (Lipinski definition) is 6. The van der Waals surface area contributed by atoms with Gasteiger partial charge >= 0.3 is 0 Å². The summed E-state index contributed by atoms with van der Waals surface area (Å²) in [5, 5.41) is 2.76. The first kappa shape index (κ1) is 18.6. The fraction of sp³-hybridized carbons (Fsp3) is 0.929. The van der Waals surface area contributed by atoms with E-state index in [9.17, 15) is 13.2 Å². The van der Waals surface area contributed by atoms with Crippen molar-refractivity contribution in [2.45, 2.75) is 18.9 Å². The van der Waals surface area contributed by atoms with Crippen molar-refractivity contribution in [2.24, 2.45) is 0 Å². The smallest absolute Gasteiger partial charge is 0.249 e. The number of hydrogen-bond donors (Lipinski definition) is 1. The molecule has 2 aliphatic heterocycles. The molecule has 0 aromatic carbocycles. The zero-order valence-corrected chi connectivity index (χ0v) is 14.5. The average Bonchev–Trinajstić information content (AvgIpc) is 3.04. The van der Waals surface area contributed by atoms with E-state index in [2.05, 4.69) is 10.2 Å². The molecule has 2 saturated heterocycles. The van der Waals surface area contributed by atoms with E-state index in [1.807, 2.05) is 0 Å². The Labute approximate surface area is 138 Å². The molecule has 8 nitrogen and oxygen atoms in total. The summed E-state index contributed by atoms with van der Waals surface area (Å²) in [7, 11) is -3.29. The number of carbonyl (C=O) groups is 1. The Morgan fingerprint density at radius 1 is 1.26 bits per heavy atom. The van der Waals surface area contributed by atoms with Gasteiger partial charge in [-0.2, -0.15) is 4.31 Å². The number of nitrogens with one attached hydrogen (secondary N) is 1. The maximum Gasteiger partial charge on any atom is 0.249 e. The molecule has 0 saturated carbocycles. The van der Waals surface area contributed by atoms with Gasteiger partial charge in [-0.05, 0) is 12.8 Å². The first-order chi connectivity index (χ1) is 11.0. The summed E-state index contributed by atoms with van der Waals surface area (Å²) in [5.41, 5.74) is 0. The van der Waals surface area contributed by atoms with Gasteiger partial charge in [-0.15, -0.1) is 0 Å². The van der Waals surface area contributed by atoms with E-state index < -0.39 is 10.0 Å². The molecule has 0 aromatic heterocycles. The van der Waals surface area contributed by atoms with Crippen molar-refractivity contribution >= 4 is 15.9 Å². The van der Waals surface area contributed by atoms with E-state index in [4.69, 9.17) is 9.47 Å². The normalized spacial score (nSPS) is 23.3. The molecule has 1 N–H and O–H groups in total. The summed E-state index contributed by atoms with van der Waals surface area (Å²) in [6.07, 6.45) is 2.45. The van der Waals surface area contributed by atoms with Crippen LogP contribution >= 0.6 is 0 Å². The molecule has 23 heavy (non-hydrogen) atoms. The predicted molar refractivity (Wildman–Crippen MR) is 85.7 cm³/mol. The summed E-state index contributed by atoms with van der Waals surface area (Å²) in [5.74, 6) is -0.149. The SMILES string of the molecule is CS(=O)(=O)N(CCNC(=O)C1CCCO1)CCN1CCOCC1. The highest BCUT2D eigenvalue weighted by Crippen LogP contribution is 2.11. The Balaban J connectivity index is 1.73. The molecule has 0 radical (unpaired) electrons. The molecule has 2 rings (SSSR count). The molecular formula is C14H27N3O5S. The van der Waals surface area contributed by atoms with E-state index in [1.54, 1.807) is 0 Å². The quantitative estimate of drug-likeness (QED) is 0.597. The maximum absolute atomic E-state index is 11.9. The molecule has 2 fully saturated rings. The lowest BCUT2D eigenvalue weighted by Gasteiger charge is -2.29. The summed E-state index contributed by atoms with van der Waals surface area (Å²) in [6.45, 7) is 5.34. The van der Waals surface area contributed by atoms with Crippen LogP contribution in [0.3, 0.4) is 0 Å². The zero-order valence-electron chi connectivity index (χ0n) is 13.7. The third-order valence-corrected chi connectivity index (χ3v) is 5.42. The van der Waals surface area contributed by atoms with Crippen LogP contribution in [0.4, 0.5) is 0 Å². The highest BCUT2D eigenvalue weighted by Gasteiger charge is 2.24. The molecule has 9 heteroatoms. The average molecular weight is 349 g/mol. The predicted octanol–water partition coefficient (Wildman–Crippen LogP) is -1.12. The summed E-state index contributed by atoms with van der Waals surface area (Å²) in [4.78, 5) is 14.0. The van der Waals surface area contributed by atoms with Crippen LogP contribution in [-0.4, -0.2) is 95.0 Å². The van der Waals surface area contributed by atoms with Gasteiger partial charge in [-0.1, -0.05) is 0 Å². The summed E-state index contributed by atoms with van der Waals surface area (Å²) >= 11 is 0. The summed E-state index contributed by atoms with van der Waals surface area (Å²) < 4.78 is 35.8. The van der Waals surface area contributed by atoms with Gasteiger partial charge < -0.3 is 14.8 Å². The van der Waals surface area contributed by atoms with Crippen molar-refractivity contribution in [1.82, 2.24) is 14.5 Å². The minimum atomic E-state index is -3.29. The van der Waals surface area contributed by atoms with Gasteiger partial charge in [-0.3, -0.25) is 9.69 Å². The fourth-order valence-electron chi connectivity index (χ4n) is 2.72. The van der Waals surface area contributed by atoms with E-state index in [0.29, 0.717) is 39.5 Å². The second kappa shape index (κ2) is 8.93. The Kier molecular flexibility index (Phi) is 7.22. The number of amides is 1. The van der Waals surface area contributed by atoms with Crippen LogP contribution in [-0.2, 0) is 24.3 Å². The third-order valence-electron chi connectivity index (χ3n) is 4.12. The Hall–Kier alpha value is -0.740. The second-order valence-electron chi connectivity index (χ2n) is 5.91. The van der Waals surface area contributed by atoms with Gasteiger partial charge in [-0.25, -0.2) is 8.42 Å². The van der Waals surface area contributed by atoms with Crippen LogP contribution in [0, 0.1) is 0 Å². The van der Waals surface area contributed by atoms with Crippen molar-refractivity contribution < 1.29 is 22.7 Å². The Morgan fingerprint density at radius 3 is 2.61 bits per heavy atom. The lowest BCUT2D eigenvalue weighted by atomic mass is 10.2. The van der Waals surface area contributed by atoms with Crippen molar-refractivity contribution in [2.75, 3.05) is 65.3 Å². The number of ether oxygens (including phenoxy) is 2. The van der Waals surface area contributed by atoms with Gasteiger partial charge in [0.1, 0.15) is 6.10 Å². The minimum absolute atomic E-state index is 0.149. The minimum Gasteiger partial charge on any atom is -0.379 e. The van der Waals surface area contributed by atoms with Crippen molar-refractivity contribution in [1.29, 1.82) is 0 Å². The highest BCUT2D eigenvalue weighted by molar-refractivity contribution is 7.88. The monoisotopic (exact) mass is 349 g/mol. The summed E-state index contributed by atoms with van der Waals surface area (Å²) in [6, 6.07) is 0. The lowest BCUT2D eigenvalue weighted by Crippen LogP contribution is -2.45. The number of morpholine rings is 1. The van der Waals surface area contributed by atoms with Crippen molar-refractivity contribution in [3.63, 3.8) is 0 Å². The van der Waals surface area contributed by atoms with E-state index in [-0.39, 0.29) is 18.6 Å². The number of sulfonamides is 1. The molecule has 0 spiro atoms. The van der Waals surface area contributed by atoms with E-state index in [1.165, 1.54) is 10.6 Å². The first-order valence-electron chi connectivity index (χ1n) is 8.11. The molecule has 1 amide bonds. The van der Waals surface area contributed by atoms with Crippen LogP contribution in [0.1, 0.15) is 12.8 Å². The Morgan fingerprint density at radius 2 is 2.00 bits per heavy atom. The zero-order chi connectivity index (χ0) is 16.7. The van der Waals surface area contributed by atoms with Gasteiger partial charge in [0, 0.05) is 45.9 Å². The third kappa shape index (κ3) is 6.34. The van der Waals surface area contributed by atoms with Gasteiger partial charge in [0.05, 0.1) is 19.5 Å². The fourth-order valence-corrected chi connectivity index (χ4v) is 3.56. The Bertz CT molecular complexity index is 473. The van der Waals surface area contributed by atoms with Gasteiger partial charge in [0.25, 0.3) is 0 Å². The largest absolute Gasteiger partial charge is 0.379 e. The highest BCUT2D eigenvalue weighted by atomic mass is 32.2.